The fraction of sp³-hybridized carbons (Fsp3) is 0.769. The molecule has 6 heteroatoms. The lowest BCUT2D eigenvalue weighted by Gasteiger charge is -2.26. The number of nitrogens with one attached hydrogen (secondary N) is 1. The number of methoxy groups -OCH3 is 1. The largest absolute Gasteiger partial charge is 0.468 e. The van der Waals surface area contributed by atoms with Gasteiger partial charge in [-0.05, 0) is 13.8 Å². The summed E-state index contributed by atoms with van der Waals surface area (Å²) in [5.74, 6) is -0.996. The van der Waals surface area contributed by atoms with Gasteiger partial charge in [-0.3, -0.25) is 14.4 Å². The molecule has 0 aliphatic carbocycles. The van der Waals surface area contributed by atoms with E-state index >= 15 is 0 Å². The first-order valence-electron chi connectivity index (χ1n) is 6.24. The van der Waals surface area contributed by atoms with Crippen LogP contribution in [-0.2, 0) is 19.1 Å². The van der Waals surface area contributed by atoms with Crippen molar-refractivity contribution in [3.05, 3.63) is 0 Å². The summed E-state index contributed by atoms with van der Waals surface area (Å²) in [6.45, 7) is 8.66. The molecule has 19 heavy (non-hydrogen) atoms. The SMILES string of the molecule is COC(=O)CN(C(=O)CNC(=O)C(C)(C)C)C(C)C. The maximum absolute atomic E-state index is 12.0. The van der Waals surface area contributed by atoms with Crippen LogP contribution >= 0.6 is 0 Å². The van der Waals surface area contributed by atoms with Gasteiger partial charge in [0.1, 0.15) is 6.54 Å². The number of amides is 2. The Kier molecular flexibility index (Phi) is 6.52. The molecule has 0 saturated carbocycles. The van der Waals surface area contributed by atoms with Crippen molar-refractivity contribution >= 4 is 17.8 Å². The maximum Gasteiger partial charge on any atom is 0.325 e. The molecule has 0 rings (SSSR count). The first-order chi connectivity index (χ1) is 8.59. The van der Waals surface area contributed by atoms with Crippen molar-refractivity contribution in [2.24, 2.45) is 5.41 Å². The molecule has 0 aromatic rings. The third-order valence-corrected chi connectivity index (χ3v) is 2.55. The zero-order chi connectivity index (χ0) is 15.2. The summed E-state index contributed by atoms with van der Waals surface area (Å²) in [5, 5.41) is 2.57. The van der Waals surface area contributed by atoms with E-state index in [2.05, 4.69) is 10.1 Å². The number of esters is 1. The van der Waals surface area contributed by atoms with Crippen LogP contribution in [0.5, 0.6) is 0 Å². The smallest absolute Gasteiger partial charge is 0.325 e. The van der Waals surface area contributed by atoms with Gasteiger partial charge in [-0.25, -0.2) is 0 Å². The van der Waals surface area contributed by atoms with E-state index in [9.17, 15) is 14.4 Å². The second-order valence-corrected chi connectivity index (χ2v) is 5.62. The van der Waals surface area contributed by atoms with Crippen LogP contribution in [0.3, 0.4) is 0 Å². The van der Waals surface area contributed by atoms with Crippen molar-refractivity contribution in [3.63, 3.8) is 0 Å². The zero-order valence-electron chi connectivity index (χ0n) is 12.6. The summed E-state index contributed by atoms with van der Waals surface area (Å²) < 4.78 is 4.54. The number of rotatable bonds is 5. The lowest BCUT2D eigenvalue weighted by atomic mass is 9.96. The fourth-order valence-electron chi connectivity index (χ4n) is 1.28. The Morgan fingerprint density at radius 2 is 1.74 bits per heavy atom. The van der Waals surface area contributed by atoms with Crippen molar-refractivity contribution in [2.45, 2.75) is 40.7 Å². The first-order valence-corrected chi connectivity index (χ1v) is 6.24. The van der Waals surface area contributed by atoms with Crippen molar-refractivity contribution in [1.29, 1.82) is 0 Å². The van der Waals surface area contributed by atoms with Crippen molar-refractivity contribution < 1.29 is 19.1 Å². The van der Waals surface area contributed by atoms with Gasteiger partial charge in [-0.1, -0.05) is 20.8 Å². The van der Waals surface area contributed by atoms with Gasteiger partial charge in [-0.2, -0.15) is 0 Å². The molecule has 0 saturated heterocycles. The normalized spacial score (nSPS) is 11.1. The van der Waals surface area contributed by atoms with E-state index in [1.807, 2.05) is 0 Å². The van der Waals surface area contributed by atoms with Gasteiger partial charge in [0, 0.05) is 11.5 Å². The lowest BCUT2D eigenvalue weighted by molar-refractivity contribution is -0.148. The van der Waals surface area contributed by atoms with Gasteiger partial charge in [0.05, 0.1) is 13.7 Å². The summed E-state index contributed by atoms with van der Waals surface area (Å²) in [6, 6.07) is -0.141. The lowest BCUT2D eigenvalue weighted by Crippen LogP contribution is -2.47. The van der Waals surface area contributed by atoms with E-state index in [1.165, 1.54) is 12.0 Å². The van der Waals surface area contributed by atoms with Gasteiger partial charge < -0.3 is 15.0 Å². The first kappa shape index (κ1) is 17.4. The van der Waals surface area contributed by atoms with Crippen LogP contribution in [-0.4, -0.2) is 48.9 Å². The number of ether oxygens (including phenoxy) is 1. The van der Waals surface area contributed by atoms with Crippen LogP contribution in [0, 0.1) is 5.41 Å². The standard InChI is InChI=1S/C13H24N2O4/c1-9(2)15(8-11(17)19-6)10(16)7-14-12(18)13(3,4)5/h9H,7-8H2,1-6H3,(H,14,18). The molecule has 0 aliphatic heterocycles. The molecule has 0 aromatic carbocycles. The minimum Gasteiger partial charge on any atom is -0.468 e. The summed E-state index contributed by atoms with van der Waals surface area (Å²) >= 11 is 0. The Morgan fingerprint density at radius 1 is 1.21 bits per heavy atom. The summed E-state index contributed by atoms with van der Waals surface area (Å²) in [6.07, 6.45) is 0. The molecule has 0 atom stereocenters. The minimum atomic E-state index is -0.550. The molecule has 2 amide bonds. The number of hydrogen-bond donors (Lipinski definition) is 1. The highest BCUT2D eigenvalue weighted by atomic mass is 16.5. The maximum atomic E-state index is 12.0. The topological polar surface area (TPSA) is 75.7 Å². The molecular weight excluding hydrogens is 248 g/mol. The van der Waals surface area contributed by atoms with Crippen LogP contribution in [0.15, 0.2) is 0 Å². The molecule has 0 aliphatic rings. The van der Waals surface area contributed by atoms with Gasteiger partial charge >= 0.3 is 5.97 Å². The molecule has 110 valence electrons. The van der Waals surface area contributed by atoms with Crippen LogP contribution in [0.25, 0.3) is 0 Å². The van der Waals surface area contributed by atoms with Crippen LogP contribution < -0.4 is 5.32 Å². The number of carbonyl (C=O) groups excluding carboxylic acids is 3. The van der Waals surface area contributed by atoms with E-state index in [0.29, 0.717) is 0 Å². The van der Waals surface area contributed by atoms with E-state index in [4.69, 9.17) is 0 Å². The molecule has 0 aromatic heterocycles. The van der Waals surface area contributed by atoms with Gasteiger partial charge in [-0.15, -0.1) is 0 Å². The Labute approximate surface area is 114 Å². The highest BCUT2D eigenvalue weighted by Crippen LogP contribution is 2.12. The summed E-state index contributed by atoms with van der Waals surface area (Å²) in [7, 11) is 1.27. The third kappa shape index (κ3) is 6.22. The molecule has 1 N–H and O–H groups in total. The highest BCUT2D eigenvalue weighted by molar-refractivity contribution is 5.88. The van der Waals surface area contributed by atoms with E-state index < -0.39 is 11.4 Å². The predicted octanol–water partition coefficient (Wildman–Crippen LogP) is 0.559. The van der Waals surface area contributed by atoms with E-state index in [-0.39, 0.29) is 30.9 Å². The second kappa shape index (κ2) is 7.11. The highest BCUT2D eigenvalue weighted by Gasteiger charge is 2.24. The van der Waals surface area contributed by atoms with Gasteiger partial charge in [0.15, 0.2) is 0 Å². The van der Waals surface area contributed by atoms with Gasteiger partial charge in [0.2, 0.25) is 11.8 Å². The third-order valence-electron chi connectivity index (χ3n) is 2.55. The molecule has 0 unspecified atom stereocenters. The quantitative estimate of drug-likeness (QED) is 0.742. The summed E-state index contributed by atoms with van der Waals surface area (Å²) in [4.78, 5) is 36.2. The average Bonchev–Trinajstić information content (AvgIpc) is 2.30. The Hall–Kier alpha value is -1.59. The number of carbonyl (C=O) groups is 3. The Balaban J connectivity index is 4.51. The molecular formula is C13H24N2O4. The van der Waals surface area contributed by atoms with E-state index in [0.717, 1.165) is 0 Å². The van der Waals surface area contributed by atoms with Crippen LogP contribution in [0.4, 0.5) is 0 Å². The van der Waals surface area contributed by atoms with Crippen LogP contribution in [0.2, 0.25) is 0 Å². The van der Waals surface area contributed by atoms with Crippen molar-refractivity contribution in [1.82, 2.24) is 10.2 Å². The van der Waals surface area contributed by atoms with Crippen molar-refractivity contribution in [2.75, 3.05) is 20.2 Å². The monoisotopic (exact) mass is 272 g/mol. The summed E-state index contributed by atoms with van der Waals surface area (Å²) in [5.41, 5.74) is -0.550. The Morgan fingerprint density at radius 3 is 2.11 bits per heavy atom. The van der Waals surface area contributed by atoms with Gasteiger partial charge in [0.25, 0.3) is 0 Å². The molecule has 0 fully saturated rings. The second-order valence-electron chi connectivity index (χ2n) is 5.62. The van der Waals surface area contributed by atoms with Crippen molar-refractivity contribution in [3.8, 4) is 0 Å². The Bertz CT molecular complexity index is 345. The minimum absolute atomic E-state index is 0.113. The molecule has 0 heterocycles. The number of nitrogens with zero attached hydrogens (tertiary/aromatic N) is 1. The number of hydrogen-bond acceptors (Lipinski definition) is 4. The fourth-order valence-corrected chi connectivity index (χ4v) is 1.28. The average molecular weight is 272 g/mol. The van der Waals surface area contributed by atoms with E-state index in [1.54, 1.807) is 34.6 Å². The van der Waals surface area contributed by atoms with Crippen LogP contribution in [0.1, 0.15) is 34.6 Å². The predicted molar refractivity (Wildman–Crippen MR) is 71.3 cm³/mol. The molecule has 6 nitrogen and oxygen atoms in total. The zero-order valence-corrected chi connectivity index (χ0v) is 12.6. The molecule has 0 radical (unpaired) electrons. The molecule has 0 bridgehead atoms. The molecule has 0 spiro atoms.